The Morgan fingerprint density at radius 3 is 2.33 bits per heavy atom. The van der Waals surface area contributed by atoms with Crippen LogP contribution in [-0.4, -0.2) is 42.9 Å². The third-order valence-electron chi connectivity index (χ3n) is 3.77. The zero-order valence-electron chi connectivity index (χ0n) is 13.4. The third-order valence-corrected chi connectivity index (χ3v) is 3.77. The summed E-state index contributed by atoms with van der Waals surface area (Å²) in [6.45, 7) is 10.3. The maximum atomic E-state index is 5.74. The predicted molar refractivity (Wildman–Crippen MR) is 82.5 cm³/mol. The van der Waals surface area contributed by atoms with E-state index in [4.69, 9.17) is 19.4 Å². The topological polar surface area (TPSA) is 56.3 Å². The van der Waals surface area contributed by atoms with E-state index in [2.05, 4.69) is 26.1 Å². The van der Waals surface area contributed by atoms with E-state index >= 15 is 0 Å². The van der Waals surface area contributed by atoms with Crippen molar-refractivity contribution in [2.45, 2.75) is 46.1 Å². The molecular weight excluding hydrogens is 266 g/mol. The largest absolute Gasteiger partial charge is 0.376 e. The van der Waals surface area contributed by atoms with E-state index in [0.717, 1.165) is 49.6 Å². The first-order valence-corrected chi connectivity index (χ1v) is 8.08. The summed E-state index contributed by atoms with van der Waals surface area (Å²) in [5.74, 6) is 0.788. The summed E-state index contributed by atoms with van der Waals surface area (Å²) in [6, 6.07) is 0. The van der Waals surface area contributed by atoms with Crippen molar-refractivity contribution >= 4 is 0 Å². The fourth-order valence-corrected chi connectivity index (χ4v) is 2.65. The first kappa shape index (κ1) is 16.3. The minimum absolute atomic E-state index is 0.114. The second-order valence-electron chi connectivity index (χ2n) is 5.20. The summed E-state index contributed by atoms with van der Waals surface area (Å²) in [7, 11) is 0. The van der Waals surface area contributed by atoms with Gasteiger partial charge < -0.3 is 14.8 Å². The zero-order valence-corrected chi connectivity index (χ0v) is 13.4. The Balaban J connectivity index is 2.24. The van der Waals surface area contributed by atoms with E-state index in [1.54, 1.807) is 0 Å². The van der Waals surface area contributed by atoms with Gasteiger partial charge in [-0.05, 0) is 37.9 Å². The first-order chi connectivity index (χ1) is 10.3. The standard InChI is InChI=1S/C16H27N3O2/c1-4-13-12(7-8-17-6-3)14(5-2)19-16(18-13)15-11-20-9-10-21-15/h15,17H,4-11H2,1-3H3. The normalized spacial score (nSPS) is 18.9. The minimum Gasteiger partial charge on any atom is -0.376 e. The molecule has 1 N–H and O–H groups in total. The summed E-state index contributed by atoms with van der Waals surface area (Å²) in [5.41, 5.74) is 3.62. The quantitative estimate of drug-likeness (QED) is 0.777. The molecule has 1 aliphatic heterocycles. The van der Waals surface area contributed by atoms with Gasteiger partial charge in [-0.3, -0.25) is 0 Å². The Morgan fingerprint density at radius 2 is 1.81 bits per heavy atom. The highest BCUT2D eigenvalue weighted by Crippen LogP contribution is 2.21. The predicted octanol–water partition coefficient (Wildman–Crippen LogP) is 1.84. The van der Waals surface area contributed by atoms with Crippen molar-refractivity contribution in [3.63, 3.8) is 0 Å². The van der Waals surface area contributed by atoms with Crippen LogP contribution in [0, 0.1) is 0 Å². The van der Waals surface area contributed by atoms with Crippen LogP contribution in [0.4, 0.5) is 0 Å². The molecule has 1 unspecified atom stereocenters. The van der Waals surface area contributed by atoms with Crippen molar-refractivity contribution in [3.8, 4) is 0 Å². The smallest absolute Gasteiger partial charge is 0.160 e. The lowest BCUT2D eigenvalue weighted by atomic mass is 10.0. The molecule has 0 spiro atoms. The molecule has 21 heavy (non-hydrogen) atoms. The molecule has 0 saturated carbocycles. The summed E-state index contributed by atoms with van der Waals surface area (Å²) >= 11 is 0. The van der Waals surface area contributed by atoms with Gasteiger partial charge in [0.15, 0.2) is 5.82 Å². The molecule has 0 aromatic carbocycles. The molecule has 1 saturated heterocycles. The highest BCUT2D eigenvalue weighted by Gasteiger charge is 2.22. The van der Waals surface area contributed by atoms with Gasteiger partial charge in [0.25, 0.3) is 0 Å². The van der Waals surface area contributed by atoms with Crippen LogP contribution < -0.4 is 5.32 Å². The number of hydrogen-bond donors (Lipinski definition) is 1. The maximum Gasteiger partial charge on any atom is 0.160 e. The molecule has 5 nitrogen and oxygen atoms in total. The van der Waals surface area contributed by atoms with E-state index < -0.39 is 0 Å². The zero-order chi connectivity index (χ0) is 15.1. The Bertz CT molecular complexity index is 420. The van der Waals surface area contributed by atoms with Crippen molar-refractivity contribution in [2.75, 3.05) is 32.9 Å². The molecule has 0 bridgehead atoms. The minimum atomic E-state index is -0.114. The fourth-order valence-electron chi connectivity index (χ4n) is 2.65. The third kappa shape index (κ3) is 4.22. The molecule has 0 aliphatic carbocycles. The summed E-state index contributed by atoms with van der Waals surface area (Å²) in [4.78, 5) is 9.52. The summed E-state index contributed by atoms with van der Waals surface area (Å²) < 4.78 is 11.2. The first-order valence-electron chi connectivity index (χ1n) is 8.08. The molecule has 2 rings (SSSR count). The lowest BCUT2D eigenvalue weighted by Crippen LogP contribution is -2.25. The van der Waals surface area contributed by atoms with Gasteiger partial charge in [0.05, 0.1) is 19.8 Å². The molecule has 2 heterocycles. The summed E-state index contributed by atoms with van der Waals surface area (Å²) in [6.07, 6.45) is 2.73. The van der Waals surface area contributed by atoms with Crippen LogP contribution in [0.2, 0.25) is 0 Å². The van der Waals surface area contributed by atoms with E-state index in [-0.39, 0.29) is 6.10 Å². The second kappa shape index (κ2) is 8.41. The molecule has 1 aromatic heterocycles. The van der Waals surface area contributed by atoms with Crippen molar-refractivity contribution in [3.05, 3.63) is 22.8 Å². The van der Waals surface area contributed by atoms with Gasteiger partial charge in [-0.15, -0.1) is 0 Å². The van der Waals surface area contributed by atoms with Crippen LogP contribution in [-0.2, 0) is 28.7 Å². The van der Waals surface area contributed by atoms with Crippen molar-refractivity contribution < 1.29 is 9.47 Å². The molecule has 1 atom stereocenters. The molecule has 118 valence electrons. The van der Waals surface area contributed by atoms with Gasteiger partial charge >= 0.3 is 0 Å². The van der Waals surface area contributed by atoms with Crippen LogP contribution in [0.15, 0.2) is 0 Å². The van der Waals surface area contributed by atoms with Crippen molar-refractivity contribution in [2.24, 2.45) is 0 Å². The lowest BCUT2D eigenvalue weighted by Gasteiger charge is -2.23. The van der Waals surface area contributed by atoms with Crippen LogP contribution in [0.1, 0.15) is 49.7 Å². The highest BCUT2D eigenvalue weighted by molar-refractivity contribution is 5.27. The molecular formula is C16H27N3O2. The second-order valence-corrected chi connectivity index (χ2v) is 5.20. The van der Waals surface area contributed by atoms with E-state index in [1.807, 2.05) is 0 Å². The van der Waals surface area contributed by atoms with Gasteiger partial charge in [-0.1, -0.05) is 20.8 Å². The SMILES string of the molecule is CCNCCc1c(CC)nc(C2COCCO2)nc1CC. The van der Waals surface area contributed by atoms with E-state index in [1.165, 1.54) is 5.56 Å². The number of rotatable bonds is 7. The Hall–Kier alpha value is -1.04. The van der Waals surface area contributed by atoms with Crippen LogP contribution in [0.3, 0.4) is 0 Å². The number of aromatic nitrogens is 2. The van der Waals surface area contributed by atoms with Crippen LogP contribution in [0.25, 0.3) is 0 Å². The number of nitrogens with zero attached hydrogens (tertiary/aromatic N) is 2. The number of ether oxygens (including phenoxy) is 2. The van der Waals surface area contributed by atoms with Crippen molar-refractivity contribution in [1.29, 1.82) is 0 Å². The van der Waals surface area contributed by atoms with Crippen molar-refractivity contribution in [1.82, 2.24) is 15.3 Å². The number of likely N-dealkylation sites (N-methyl/N-ethyl adjacent to an activating group) is 1. The van der Waals surface area contributed by atoms with Gasteiger partial charge in [-0.2, -0.15) is 0 Å². The number of hydrogen-bond acceptors (Lipinski definition) is 5. The molecule has 0 amide bonds. The van der Waals surface area contributed by atoms with Gasteiger partial charge in [0.1, 0.15) is 6.10 Å². The number of aryl methyl sites for hydroxylation is 2. The average molecular weight is 293 g/mol. The van der Waals surface area contributed by atoms with Crippen LogP contribution >= 0.6 is 0 Å². The Labute approximate surface area is 127 Å². The van der Waals surface area contributed by atoms with Crippen LogP contribution in [0.5, 0.6) is 0 Å². The molecule has 1 fully saturated rings. The summed E-state index contributed by atoms with van der Waals surface area (Å²) in [5, 5.41) is 3.38. The maximum absolute atomic E-state index is 5.74. The Morgan fingerprint density at radius 1 is 1.10 bits per heavy atom. The van der Waals surface area contributed by atoms with Gasteiger partial charge in [0.2, 0.25) is 0 Å². The molecule has 0 radical (unpaired) electrons. The monoisotopic (exact) mass is 293 g/mol. The number of nitrogens with one attached hydrogen (secondary N) is 1. The highest BCUT2D eigenvalue weighted by atomic mass is 16.6. The Kier molecular flexibility index (Phi) is 6.54. The van der Waals surface area contributed by atoms with E-state index in [9.17, 15) is 0 Å². The molecule has 5 heteroatoms. The average Bonchev–Trinajstić information content (AvgIpc) is 2.55. The molecule has 1 aliphatic rings. The van der Waals surface area contributed by atoms with Gasteiger partial charge in [0, 0.05) is 11.4 Å². The van der Waals surface area contributed by atoms with E-state index in [0.29, 0.717) is 19.8 Å². The van der Waals surface area contributed by atoms with Gasteiger partial charge in [-0.25, -0.2) is 9.97 Å². The fraction of sp³-hybridized carbons (Fsp3) is 0.750. The molecule has 1 aromatic rings. The lowest BCUT2D eigenvalue weighted by molar-refractivity contribution is -0.0936.